The predicted octanol–water partition coefficient (Wildman–Crippen LogP) is 1.63. The summed E-state index contributed by atoms with van der Waals surface area (Å²) in [5.74, 6) is -0.225. The number of nitrogens with zero attached hydrogens (tertiary/aromatic N) is 3. The maximum Gasteiger partial charge on any atom is 0.289 e. The van der Waals surface area contributed by atoms with Gasteiger partial charge in [0.25, 0.3) is 5.56 Å². The Bertz CT molecular complexity index is 829. The van der Waals surface area contributed by atoms with Gasteiger partial charge in [-0.15, -0.1) is 0 Å². The van der Waals surface area contributed by atoms with E-state index in [4.69, 9.17) is 5.26 Å². The van der Waals surface area contributed by atoms with Crippen molar-refractivity contribution in [3.8, 4) is 17.6 Å². The van der Waals surface area contributed by atoms with Crippen LogP contribution >= 0.6 is 0 Å². The van der Waals surface area contributed by atoms with Crippen molar-refractivity contribution in [2.45, 2.75) is 13.8 Å². The molecule has 2 aromatic rings. The highest BCUT2D eigenvalue weighted by Gasteiger charge is 2.09. The van der Waals surface area contributed by atoms with E-state index in [-0.39, 0.29) is 17.1 Å². The minimum absolute atomic E-state index is 0.0349. The zero-order valence-electron chi connectivity index (χ0n) is 11.5. The van der Waals surface area contributed by atoms with E-state index in [1.54, 1.807) is 19.9 Å². The summed E-state index contributed by atoms with van der Waals surface area (Å²) in [7, 11) is 0. The van der Waals surface area contributed by atoms with Crippen LogP contribution in [0.1, 0.15) is 22.4 Å². The lowest BCUT2D eigenvalue weighted by Crippen LogP contribution is -2.22. The number of pyridine rings is 1. The minimum atomic E-state index is -0.510. The van der Waals surface area contributed by atoms with Crippen LogP contribution in [0.5, 0.6) is 11.5 Å². The van der Waals surface area contributed by atoms with Crippen LogP contribution < -0.4 is 5.56 Å². The van der Waals surface area contributed by atoms with Crippen LogP contribution in [-0.4, -0.2) is 21.1 Å². The molecule has 6 nitrogen and oxygen atoms in total. The van der Waals surface area contributed by atoms with Crippen molar-refractivity contribution < 1.29 is 10.2 Å². The average molecular weight is 283 g/mol. The molecule has 0 fully saturated rings. The Labute approximate surface area is 120 Å². The van der Waals surface area contributed by atoms with Gasteiger partial charge in [-0.3, -0.25) is 4.79 Å². The first-order chi connectivity index (χ1) is 9.93. The number of benzene rings is 1. The summed E-state index contributed by atoms with van der Waals surface area (Å²) < 4.78 is 1.10. The third-order valence-corrected chi connectivity index (χ3v) is 3.00. The number of aromatic hydroxyl groups is 2. The second kappa shape index (κ2) is 5.51. The quantitative estimate of drug-likeness (QED) is 0.818. The normalized spacial score (nSPS) is 10.7. The van der Waals surface area contributed by atoms with Gasteiger partial charge in [0.1, 0.15) is 23.1 Å². The summed E-state index contributed by atoms with van der Waals surface area (Å²) in [5.41, 5.74) is 1.04. The predicted molar refractivity (Wildman–Crippen MR) is 77.7 cm³/mol. The van der Waals surface area contributed by atoms with Gasteiger partial charge in [-0.05, 0) is 37.6 Å². The molecule has 0 radical (unpaired) electrons. The molecule has 1 heterocycles. The first-order valence-corrected chi connectivity index (χ1v) is 6.13. The molecule has 0 aliphatic rings. The maximum atomic E-state index is 12.1. The summed E-state index contributed by atoms with van der Waals surface area (Å²) in [4.78, 5) is 12.1. The molecule has 0 aliphatic heterocycles. The van der Waals surface area contributed by atoms with E-state index in [0.29, 0.717) is 16.8 Å². The van der Waals surface area contributed by atoms with E-state index in [2.05, 4.69) is 5.10 Å². The van der Waals surface area contributed by atoms with Crippen LogP contribution in [-0.2, 0) is 0 Å². The Morgan fingerprint density at radius 2 is 2.00 bits per heavy atom. The fraction of sp³-hybridized carbons (Fsp3) is 0.133. The van der Waals surface area contributed by atoms with E-state index in [9.17, 15) is 15.0 Å². The SMILES string of the molecule is Cc1cc(C)n(N=Cc2ccc(O)cc2O)c(=O)c1C#N. The van der Waals surface area contributed by atoms with Gasteiger partial charge >= 0.3 is 0 Å². The zero-order valence-corrected chi connectivity index (χ0v) is 11.5. The molecule has 1 aromatic carbocycles. The summed E-state index contributed by atoms with van der Waals surface area (Å²) in [6.07, 6.45) is 1.29. The monoisotopic (exact) mass is 283 g/mol. The van der Waals surface area contributed by atoms with Crippen LogP contribution in [0.2, 0.25) is 0 Å². The zero-order chi connectivity index (χ0) is 15.6. The molecule has 0 spiro atoms. The van der Waals surface area contributed by atoms with Crippen molar-refractivity contribution in [1.29, 1.82) is 5.26 Å². The smallest absolute Gasteiger partial charge is 0.289 e. The van der Waals surface area contributed by atoms with E-state index in [0.717, 1.165) is 4.68 Å². The third kappa shape index (κ3) is 2.77. The molecular weight excluding hydrogens is 270 g/mol. The molecule has 6 heteroatoms. The number of hydrogen-bond donors (Lipinski definition) is 2. The van der Waals surface area contributed by atoms with E-state index < -0.39 is 5.56 Å². The van der Waals surface area contributed by atoms with Crippen molar-refractivity contribution in [1.82, 2.24) is 4.68 Å². The number of aromatic nitrogens is 1. The van der Waals surface area contributed by atoms with Gasteiger partial charge in [0.2, 0.25) is 0 Å². The molecule has 106 valence electrons. The number of phenolic OH excluding ortho intramolecular Hbond substituents is 2. The molecule has 2 rings (SSSR count). The maximum absolute atomic E-state index is 12.1. The molecule has 21 heavy (non-hydrogen) atoms. The van der Waals surface area contributed by atoms with E-state index in [1.807, 2.05) is 6.07 Å². The van der Waals surface area contributed by atoms with Crippen LogP contribution in [0.4, 0.5) is 0 Å². The van der Waals surface area contributed by atoms with Gasteiger partial charge in [-0.25, -0.2) is 4.68 Å². The number of hydrogen-bond acceptors (Lipinski definition) is 5. The lowest BCUT2D eigenvalue weighted by Gasteiger charge is -2.06. The molecule has 2 N–H and O–H groups in total. The van der Waals surface area contributed by atoms with Gasteiger partial charge in [0, 0.05) is 17.3 Å². The molecule has 0 unspecified atom stereocenters. The molecule has 0 amide bonds. The molecule has 0 atom stereocenters. The van der Waals surface area contributed by atoms with Crippen LogP contribution in [0.3, 0.4) is 0 Å². The fourth-order valence-corrected chi connectivity index (χ4v) is 1.92. The fourth-order valence-electron chi connectivity index (χ4n) is 1.92. The standard InChI is InChI=1S/C15H13N3O3/c1-9-5-10(2)18(15(21)13(9)7-16)17-8-11-3-4-12(19)6-14(11)20/h3-6,8,19-20H,1-2H3. The van der Waals surface area contributed by atoms with Crippen molar-refractivity contribution in [2.75, 3.05) is 0 Å². The number of aryl methyl sites for hydroxylation is 2. The molecule has 1 aromatic heterocycles. The number of phenols is 2. The number of rotatable bonds is 2. The minimum Gasteiger partial charge on any atom is -0.508 e. The summed E-state index contributed by atoms with van der Waals surface area (Å²) >= 11 is 0. The van der Waals surface area contributed by atoms with E-state index in [1.165, 1.54) is 24.4 Å². The highest BCUT2D eigenvalue weighted by molar-refractivity contribution is 5.83. The highest BCUT2D eigenvalue weighted by Crippen LogP contribution is 2.20. The van der Waals surface area contributed by atoms with Crippen molar-refractivity contribution >= 4 is 6.21 Å². The Kier molecular flexibility index (Phi) is 3.76. The van der Waals surface area contributed by atoms with Crippen molar-refractivity contribution in [2.24, 2.45) is 5.10 Å². The largest absolute Gasteiger partial charge is 0.508 e. The first kappa shape index (κ1) is 14.3. The highest BCUT2D eigenvalue weighted by atomic mass is 16.3. The average Bonchev–Trinajstić information content (AvgIpc) is 2.40. The van der Waals surface area contributed by atoms with Crippen LogP contribution in [0, 0.1) is 25.2 Å². The summed E-state index contributed by atoms with van der Waals surface area (Å²) in [5, 5.41) is 31.9. The van der Waals surface area contributed by atoms with Gasteiger partial charge in [-0.1, -0.05) is 0 Å². The Morgan fingerprint density at radius 1 is 1.29 bits per heavy atom. The van der Waals surface area contributed by atoms with Gasteiger partial charge in [-0.2, -0.15) is 10.4 Å². The van der Waals surface area contributed by atoms with E-state index >= 15 is 0 Å². The molecule has 0 saturated carbocycles. The Balaban J connectivity index is 2.52. The molecular formula is C15H13N3O3. The van der Waals surface area contributed by atoms with Gasteiger partial charge < -0.3 is 10.2 Å². The molecule has 0 aliphatic carbocycles. The summed E-state index contributed by atoms with van der Waals surface area (Å²) in [6, 6.07) is 7.58. The van der Waals surface area contributed by atoms with Gasteiger partial charge in [0.15, 0.2) is 0 Å². The van der Waals surface area contributed by atoms with Crippen LogP contribution in [0.15, 0.2) is 34.2 Å². The van der Waals surface area contributed by atoms with Crippen molar-refractivity contribution in [3.05, 3.63) is 57.0 Å². The molecule has 0 bridgehead atoms. The second-order valence-electron chi connectivity index (χ2n) is 4.56. The van der Waals surface area contributed by atoms with Crippen LogP contribution in [0.25, 0.3) is 0 Å². The molecule has 0 saturated heterocycles. The third-order valence-electron chi connectivity index (χ3n) is 3.00. The second-order valence-corrected chi connectivity index (χ2v) is 4.56. The topological polar surface area (TPSA) is 98.6 Å². The van der Waals surface area contributed by atoms with Crippen molar-refractivity contribution in [3.63, 3.8) is 0 Å². The number of nitriles is 1. The first-order valence-electron chi connectivity index (χ1n) is 6.13. The Hall–Kier alpha value is -3.07. The lowest BCUT2D eigenvalue weighted by atomic mass is 10.1. The van der Waals surface area contributed by atoms with Gasteiger partial charge in [0.05, 0.1) is 6.21 Å². The Morgan fingerprint density at radius 3 is 2.62 bits per heavy atom. The summed E-state index contributed by atoms with van der Waals surface area (Å²) in [6.45, 7) is 3.39. The lowest BCUT2D eigenvalue weighted by molar-refractivity contribution is 0.450.